The van der Waals surface area contributed by atoms with Gasteiger partial charge in [-0.05, 0) is 36.8 Å². The van der Waals surface area contributed by atoms with Gasteiger partial charge in [-0.1, -0.05) is 29.3 Å². The first-order valence-electron chi connectivity index (χ1n) is 6.94. The predicted molar refractivity (Wildman–Crippen MR) is 91.9 cm³/mol. The first-order chi connectivity index (χ1) is 11.0. The van der Waals surface area contributed by atoms with Crippen molar-refractivity contribution in [2.75, 3.05) is 14.2 Å². The van der Waals surface area contributed by atoms with Crippen molar-refractivity contribution in [2.45, 2.75) is 13.0 Å². The molecule has 23 heavy (non-hydrogen) atoms. The maximum atomic E-state index is 12.5. The SMILES string of the molecule is COc1ccc(C(=O)N[C@@H](C)c2ccc(Cl)cc2Cl)c(OC)c1. The third-order valence-corrected chi connectivity index (χ3v) is 3.99. The molecule has 2 aromatic carbocycles. The van der Waals surface area contributed by atoms with E-state index in [0.29, 0.717) is 27.1 Å². The van der Waals surface area contributed by atoms with Crippen LogP contribution in [0, 0.1) is 0 Å². The van der Waals surface area contributed by atoms with Crippen LogP contribution in [0.2, 0.25) is 10.0 Å². The lowest BCUT2D eigenvalue weighted by atomic mass is 10.1. The van der Waals surface area contributed by atoms with Gasteiger partial charge in [0.25, 0.3) is 5.91 Å². The Morgan fingerprint density at radius 1 is 1.09 bits per heavy atom. The minimum Gasteiger partial charge on any atom is -0.497 e. The average molecular weight is 354 g/mol. The summed E-state index contributed by atoms with van der Waals surface area (Å²) in [5, 5.41) is 3.95. The van der Waals surface area contributed by atoms with E-state index in [9.17, 15) is 4.79 Å². The Kier molecular flexibility index (Phi) is 5.74. The first kappa shape index (κ1) is 17.4. The second-order valence-corrected chi connectivity index (χ2v) is 5.77. The van der Waals surface area contributed by atoms with Crippen LogP contribution in [0.5, 0.6) is 11.5 Å². The molecule has 1 N–H and O–H groups in total. The van der Waals surface area contributed by atoms with Gasteiger partial charge in [-0.25, -0.2) is 0 Å². The Morgan fingerprint density at radius 2 is 1.83 bits per heavy atom. The zero-order chi connectivity index (χ0) is 17.0. The Labute approximate surface area is 145 Å². The second kappa shape index (κ2) is 7.57. The van der Waals surface area contributed by atoms with Gasteiger partial charge in [0.05, 0.1) is 25.8 Å². The molecule has 0 saturated heterocycles. The lowest BCUT2D eigenvalue weighted by Crippen LogP contribution is -2.27. The Bertz CT molecular complexity index is 719. The van der Waals surface area contributed by atoms with Crippen molar-refractivity contribution in [1.29, 1.82) is 0 Å². The normalized spacial score (nSPS) is 11.7. The minimum absolute atomic E-state index is 0.261. The highest BCUT2D eigenvalue weighted by molar-refractivity contribution is 6.35. The summed E-state index contributed by atoms with van der Waals surface area (Å²) in [4.78, 5) is 12.5. The van der Waals surface area contributed by atoms with Crippen LogP contribution in [-0.2, 0) is 0 Å². The van der Waals surface area contributed by atoms with Gasteiger partial charge in [0, 0.05) is 16.1 Å². The van der Waals surface area contributed by atoms with E-state index in [1.807, 2.05) is 6.92 Å². The Morgan fingerprint density at radius 3 is 2.43 bits per heavy atom. The molecule has 0 saturated carbocycles. The number of carbonyl (C=O) groups is 1. The van der Waals surface area contributed by atoms with Crippen LogP contribution < -0.4 is 14.8 Å². The van der Waals surface area contributed by atoms with Crippen LogP contribution in [0.1, 0.15) is 28.9 Å². The number of hydrogen-bond acceptors (Lipinski definition) is 3. The monoisotopic (exact) mass is 353 g/mol. The van der Waals surface area contributed by atoms with E-state index in [1.165, 1.54) is 7.11 Å². The quantitative estimate of drug-likeness (QED) is 0.860. The highest BCUT2D eigenvalue weighted by atomic mass is 35.5. The zero-order valence-electron chi connectivity index (χ0n) is 13.0. The van der Waals surface area contributed by atoms with Gasteiger partial charge in [0.15, 0.2) is 0 Å². The van der Waals surface area contributed by atoms with Gasteiger partial charge in [-0.3, -0.25) is 4.79 Å². The summed E-state index contributed by atoms with van der Waals surface area (Å²) in [6.07, 6.45) is 0. The highest BCUT2D eigenvalue weighted by Gasteiger charge is 2.17. The fourth-order valence-electron chi connectivity index (χ4n) is 2.19. The summed E-state index contributed by atoms with van der Waals surface area (Å²) < 4.78 is 10.4. The summed E-state index contributed by atoms with van der Waals surface area (Å²) in [7, 11) is 3.06. The third kappa shape index (κ3) is 4.09. The number of benzene rings is 2. The third-order valence-electron chi connectivity index (χ3n) is 3.43. The summed E-state index contributed by atoms with van der Waals surface area (Å²) in [6, 6.07) is 9.92. The smallest absolute Gasteiger partial charge is 0.255 e. The van der Waals surface area contributed by atoms with E-state index >= 15 is 0 Å². The van der Waals surface area contributed by atoms with Crippen LogP contribution in [0.3, 0.4) is 0 Å². The summed E-state index contributed by atoms with van der Waals surface area (Å²) in [6.45, 7) is 1.85. The molecule has 0 aliphatic heterocycles. The molecule has 4 nitrogen and oxygen atoms in total. The molecule has 0 spiro atoms. The number of hydrogen-bond donors (Lipinski definition) is 1. The number of nitrogens with one attached hydrogen (secondary N) is 1. The number of carbonyl (C=O) groups excluding carboxylic acids is 1. The van der Waals surface area contributed by atoms with Gasteiger partial charge < -0.3 is 14.8 Å². The Hall–Kier alpha value is -1.91. The maximum absolute atomic E-state index is 12.5. The van der Waals surface area contributed by atoms with Crippen molar-refractivity contribution in [2.24, 2.45) is 0 Å². The molecular weight excluding hydrogens is 337 g/mol. The predicted octanol–water partition coefficient (Wildman–Crippen LogP) is 4.50. The molecule has 2 rings (SSSR count). The molecule has 0 unspecified atom stereocenters. The number of ether oxygens (including phenoxy) is 2. The van der Waals surface area contributed by atoms with Gasteiger partial charge in [0.2, 0.25) is 0 Å². The average Bonchev–Trinajstić information content (AvgIpc) is 2.53. The maximum Gasteiger partial charge on any atom is 0.255 e. The van der Waals surface area contributed by atoms with Crippen LogP contribution in [0.25, 0.3) is 0 Å². The van der Waals surface area contributed by atoms with Gasteiger partial charge in [-0.15, -0.1) is 0 Å². The molecule has 0 aliphatic rings. The molecule has 122 valence electrons. The number of rotatable bonds is 5. The molecule has 2 aromatic rings. The molecule has 1 atom stereocenters. The fraction of sp³-hybridized carbons (Fsp3) is 0.235. The van der Waals surface area contributed by atoms with E-state index in [4.69, 9.17) is 32.7 Å². The lowest BCUT2D eigenvalue weighted by molar-refractivity contribution is 0.0937. The van der Waals surface area contributed by atoms with E-state index in [2.05, 4.69) is 5.32 Å². The van der Waals surface area contributed by atoms with Crippen LogP contribution >= 0.6 is 23.2 Å². The molecule has 1 amide bonds. The standard InChI is InChI=1S/C17H17Cl2NO3/c1-10(13-6-4-11(18)8-15(13)19)20-17(21)14-7-5-12(22-2)9-16(14)23-3/h4-10H,1-3H3,(H,20,21)/t10-/m0/s1. The fourth-order valence-corrected chi connectivity index (χ4v) is 2.76. The van der Waals surface area contributed by atoms with Crippen molar-refractivity contribution in [3.05, 3.63) is 57.6 Å². The number of halogens is 2. The van der Waals surface area contributed by atoms with E-state index in [0.717, 1.165) is 5.56 Å². The minimum atomic E-state index is -0.279. The summed E-state index contributed by atoms with van der Waals surface area (Å²) >= 11 is 12.1. The first-order valence-corrected chi connectivity index (χ1v) is 7.69. The van der Waals surface area contributed by atoms with Gasteiger partial charge >= 0.3 is 0 Å². The number of amides is 1. The molecular formula is C17H17Cl2NO3. The molecule has 6 heteroatoms. The molecule has 0 aromatic heterocycles. The van der Waals surface area contributed by atoms with Gasteiger partial charge in [0.1, 0.15) is 11.5 Å². The lowest BCUT2D eigenvalue weighted by Gasteiger charge is -2.17. The molecule has 0 bridgehead atoms. The summed E-state index contributed by atoms with van der Waals surface area (Å²) in [5.74, 6) is 0.798. The van der Waals surface area contributed by atoms with Crippen LogP contribution in [0.15, 0.2) is 36.4 Å². The highest BCUT2D eigenvalue weighted by Crippen LogP contribution is 2.28. The van der Waals surface area contributed by atoms with E-state index in [-0.39, 0.29) is 11.9 Å². The van der Waals surface area contributed by atoms with Crippen molar-refractivity contribution < 1.29 is 14.3 Å². The largest absolute Gasteiger partial charge is 0.497 e. The molecule has 0 heterocycles. The number of methoxy groups -OCH3 is 2. The Balaban J connectivity index is 2.21. The summed E-state index contributed by atoms with van der Waals surface area (Å²) in [5.41, 5.74) is 1.21. The van der Waals surface area contributed by atoms with Crippen molar-refractivity contribution in [3.8, 4) is 11.5 Å². The van der Waals surface area contributed by atoms with Crippen molar-refractivity contribution >= 4 is 29.1 Å². The van der Waals surface area contributed by atoms with Crippen molar-refractivity contribution in [3.63, 3.8) is 0 Å². The molecule has 0 radical (unpaired) electrons. The van der Waals surface area contributed by atoms with Crippen LogP contribution in [0.4, 0.5) is 0 Å². The van der Waals surface area contributed by atoms with E-state index < -0.39 is 0 Å². The van der Waals surface area contributed by atoms with Gasteiger partial charge in [-0.2, -0.15) is 0 Å². The second-order valence-electron chi connectivity index (χ2n) is 4.93. The van der Waals surface area contributed by atoms with E-state index in [1.54, 1.807) is 43.5 Å². The molecule has 0 fully saturated rings. The van der Waals surface area contributed by atoms with Crippen molar-refractivity contribution in [1.82, 2.24) is 5.32 Å². The van der Waals surface area contributed by atoms with Crippen LogP contribution in [-0.4, -0.2) is 20.1 Å². The molecule has 0 aliphatic carbocycles. The zero-order valence-corrected chi connectivity index (χ0v) is 14.5. The topological polar surface area (TPSA) is 47.6 Å².